The van der Waals surface area contributed by atoms with E-state index in [1.54, 1.807) is 0 Å². The van der Waals surface area contributed by atoms with Crippen LogP contribution in [0.15, 0.2) is 63.8 Å². The maximum Gasteiger partial charge on any atom is 0.239 e. The Morgan fingerprint density at radius 3 is 2.17 bits per heavy atom. The molecule has 0 unspecified atom stereocenters. The van der Waals surface area contributed by atoms with Gasteiger partial charge in [-0.25, -0.2) is 0 Å². The number of phenolic OH excluding ortho intramolecular Hbond substituents is 3. The number of benzene rings is 3. The summed E-state index contributed by atoms with van der Waals surface area (Å²) in [6, 6.07) is 14.5. The lowest BCUT2D eigenvalue weighted by atomic mass is 9.99. The normalized spacial score (nSPS) is 10.9. The third kappa shape index (κ3) is 2.97. The molecule has 3 aromatic carbocycles. The number of fused-ring (bicyclic) bond motifs is 1. The van der Waals surface area contributed by atoms with Gasteiger partial charge < -0.3 is 29.2 Å². The van der Waals surface area contributed by atoms with Crippen molar-refractivity contribution in [3.05, 3.63) is 64.8 Å². The molecule has 0 bridgehead atoms. The zero-order valence-electron chi connectivity index (χ0n) is 16.2. The molecule has 1 aromatic heterocycles. The largest absolute Gasteiger partial charge is 0.507 e. The van der Waals surface area contributed by atoms with Crippen LogP contribution in [-0.2, 0) is 0 Å². The monoisotopic (exact) mass is 406 g/mol. The first-order chi connectivity index (χ1) is 14.5. The molecular weight excluding hydrogens is 388 g/mol. The highest BCUT2D eigenvalue weighted by Gasteiger charge is 2.25. The van der Waals surface area contributed by atoms with E-state index < -0.39 is 5.43 Å². The molecular formula is C23H18O7. The van der Waals surface area contributed by atoms with E-state index in [0.29, 0.717) is 22.4 Å². The van der Waals surface area contributed by atoms with Gasteiger partial charge in [0.15, 0.2) is 22.8 Å². The van der Waals surface area contributed by atoms with Gasteiger partial charge >= 0.3 is 0 Å². The molecule has 4 rings (SSSR count). The zero-order valence-corrected chi connectivity index (χ0v) is 16.2. The topological polar surface area (TPSA) is 109 Å². The molecule has 0 aliphatic heterocycles. The smallest absolute Gasteiger partial charge is 0.239 e. The van der Waals surface area contributed by atoms with Gasteiger partial charge in [0.25, 0.3) is 0 Å². The Bertz CT molecular complexity index is 1310. The van der Waals surface area contributed by atoms with Crippen LogP contribution in [0.1, 0.15) is 0 Å². The van der Waals surface area contributed by atoms with E-state index in [0.717, 1.165) is 0 Å². The molecule has 30 heavy (non-hydrogen) atoms. The fourth-order valence-corrected chi connectivity index (χ4v) is 3.39. The summed E-state index contributed by atoms with van der Waals surface area (Å²) >= 11 is 0. The Labute approximate surface area is 171 Å². The van der Waals surface area contributed by atoms with Crippen molar-refractivity contribution in [3.63, 3.8) is 0 Å². The lowest BCUT2D eigenvalue weighted by molar-refractivity contribution is 0.394. The minimum absolute atomic E-state index is 0.0372. The lowest BCUT2D eigenvalue weighted by Gasteiger charge is -2.15. The molecule has 0 aliphatic rings. The van der Waals surface area contributed by atoms with Gasteiger partial charge in [0.1, 0.15) is 16.9 Å². The first-order valence-electron chi connectivity index (χ1n) is 8.98. The highest BCUT2D eigenvalue weighted by molar-refractivity contribution is 6.00. The average Bonchev–Trinajstić information content (AvgIpc) is 2.75. The fourth-order valence-electron chi connectivity index (χ4n) is 3.39. The van der Waals surface area contributed by atoms with Gasteiger partial charge in [-0.2, -0.15) is 0 Å². The summed E-state index contributed by atoms with van der Waals surface area (Å²) < 4.78 is 16.8. The number of hydrogen-bond acceptors (Lipinski definition) is 7. The molecule has 0 aliphatic carbocycles. The van der Waals surface area contributed by atoms with Crippen LogP contribution in [0.2, 0.25) is 0 Å². The first kappa shape index (κ1) is 19.2. The third-order valence-corrected chi connectivity index (χ3v) is 4.79. The van der Waals surface area contributed by atoms with Gasteiger partial charge in [-0.15, -0.1) is 0 Å². The van der Waals surface area contributed by atoms with Crippen LogP contribution in [0.5, 0.6) is 28.7 Å². The molecule has 3 N–H and O–H groups in total. The van der Waals surface area contributed by atoms with Crippen molar-refractivity contribution < 1.29 is 29.2 Å². The van der Waals surface area contributed by atoms with Crippen molar-refractivity contribution in [1.29, 1.82) is 0 Å². The summed E-state index contributed by atoms with van der Waals surface area (Å²) in [4.78, 5) is 13.2. The summed E-state index contributed by atoms with van der Waals surface area (Å²) in [5.74, 6) is -0.797. The van der Waals surface area contributed by atoms with Crippen LogP contribution in [0.4, 0.5) is 0 Å². The second-order valence-corrected chi connectivity index (χ2v) is 6.54. The van der Waals surface area contributed by atoms with Crippen LogP contribution in [0.25, 0.3) is 33.4 Å². The van der Waals surface area contributed by atoms with Gasteiger partial charge in [0.05, 0.1) is 19.8 Å². The minimum Gasteiger partial charge on any atom is -0.507 e. The minimum atomic E-state index is -0.585. The van der Waals surface area contributed by atoms with E-state index in [9.17, 15) is 20.1 Å². The van der Waals surface area contributed by atoms with E-state index in [2.05, 4.69) is 0 Å². The van der Waals surface area contributed by atoms with E-state index in [-0.39, 0.29) is 39.7 Å². The molecule has 0 spiro atoms. The highest BCUT2D eigenvalue weighted by Crippen LogP contribution is 2.44. The van der Waals surface area contributed by atoms with E-state index in [4.69, 9.17) is 13.9 Å². The number of phenols is 3. The van der Waals surface area contributed by atoms with Gasteiger partial charge in [-0.3, -0.25) is 4.79 Å². The molecule has 7 nitrogen and oxygen atoms in total. The van der Waals surface area contributed by atoms with Crippen molar-refractivity contribution in [1.82, 2.24) is 0 Å². The Morgan fingerprint density at radius 1 is 0.800 bits per heavy atom. The number of ether oxygens (including phenoxy) is 2. The number of methoxy groups -OCH3 is 2. The summed E-state index contributed by atoms with van der Waals surface area (Å²) in [5.41, 5.74) is 1.02. The maximum atomic E-state index is 13.2. The van der Waals surface area contributed by atoms with Crippen molar-refractivity contribution in [2.24, 2.45) is 0 Å². The van der Waals surface area contributed by atoms with Crippen LogP contribution < -0.4 is 14.9 Å². The summed E-state index contributed by atoms with van der Waals surface area (Å²) in [5, 5.41) is 30.0. The SMILES string of the molecule is COc1cc(O)c2c(=O)c(OC)c(-c3ccc(O)c(O)c3)oc2c1-c1ccccc1. The third-order valence-electron chi connectivity index (χ3n) is 4.79. The Morgan fingerprint density at radius 2 is 1.53 bits per heavy atom. The predicted octanol–water partition coefficient (Wildman–Crippen LogP) is 4.26. The first-order valence-corrected chi connectivity index (χ1v) is 8.98. The van der Waals surface area contributed by atoms with Crippen LogP contribution in [0.3, 0.4) is 0 Å². The molecule has 7 heteroatoms. The quantitative estimate of drug-likeness (QED) is 0.434. The van der Waals surface area contributed by atoms with Crippen molar-refractivity contribution in [2.75, 3.05) is 14.2 Å². The van der Waals surface area contributed by atoms with Crippen LogP contribution in [0, 0.1) is 0 Å². The second-order valence-electron chi connectivity index (χ2n) is 6.54. The number of rotatable bonds is 4. The summed E-state index contributed by atoms with van der Waals surface area (Å²) in [6.45, 7) is 0. The van der Waals surface area contributed by atoms with Crippen LogP contribution >= 0.6 is 0 Å². The van der Waals surface area contributed by atoms with Gasteiger partial charge in [0.2, 0.25) is 11.2 Å². The average molecular weight is 406 g/mol. The van der Waals surface area contributed by atoms with Crippen LogP contribution in [-0.4, -0.2) is 29.5 Å². The summed E-state index contributed by atoms with van der Waals surface area (Å²) in [7, 11) is 2.76. The molecule has 152 valence electrons. The van der Waals surface area contributed by atoms with Gasteiger partial charge in [-0.05, 0) is 23.8 Å². The summed E-state index contributed by atoms with van der Waals surface area (Å²) in [6.07, 6.45) is 0. The second kappa shape index (κ2) is 7.36. The van der Waals surface area contributed by atoms with Crippen molar-refractivity contribution >= 4 is 11.0 Å². The number of aromatic hydroxyl groups is 3. The van der Waals surface area contributed by atoms with Crippen molar-refractivity contribution in [3.8, 4) is 51.2 Å². The molecule has 0 radical (unpaired) electrons. The molecule has 0 amide bonds. The van der Waals surface area contributed by atoms with E-state index in [1.807, 2.05) is 30.3 Å². The highest BCUT2D eigenvalue weighted by atomic mass is 16.5. The Hall–Kier alpha value is -4.13. The van der Waals surface area contributed by atoms with E-state index in [1.165, 1.54) is 38.5 Å². The fraction of sp³-hybridized carbons (Fsp3) is 0.0870. The number of hydrogen-bond donors (Lipinski definition) is 3. The molecule has 0 atom stereocenters. The van der Waals surface area contributed by atoms with E-state index >= 15 is 0 Å². The Balaban J connectivity index is 2.17. The molecule has 0 saturated carbocycles. The van der Waals surface area contributed by atoms with Crippen molar-refractivity contribution in [2.45, 2.75) is 0 Å². The lowest BCUT2D eigenvalue weighted by Crippen LogP contribution is -2.09. The molecule has 0 saturated heterocycles. The van der Waals surface area contributed by atoms with Gasteiger partial charge in [-0.1, -0.05) is 30.3 Å². The molecule has 1 heterocycles. The molecule has 4 aromatic rings. The predicted molar refractivity (Wildman–Crippen MR) is 111 cm³/mol. The van der Waals surface area contributed by atoms with Gasteiger partial charge in [0, 0.05) is 11.6 Å². The molecule has 0 fully saturated rings. The standard InChI is InChI=1S/C23H18O7/c1-28-17-11-16(26)19-20(27)23(29-2)21(13-8-9-14(24)15(25)10-13)30-22(19)18(17)12-6-4-3-5-7-12/h3-11,24-26H,1-2H3. The Kier molecular flexibility index (Phi) is 4.71. The maximum absolute atomic E-state index is 13.2. The zero-order chi connectivity index (χ0) is 21.4.